The molecule has 1 N–H and O–H groups in total. The van der Waals surface area contributed by atoms with Crippen LogP contribution in [0.15, 0.2) is 72.8 Å². The van der Waals surface area contributed by atoms with Gasteiger partial charge in [0.1, 0.15) is 5.75 Å². The van der Waals surface area contributed by atoms with E-state index in [2.05, 4.69) is 5.32 Å². The molecule has 0 bridgehead atoms. The molecule has 166 valence electrons. The zero-order valence-corrected chi connectivity index (χ0v) is 19.0. The number of hydrogen-bond acceptors (Lipinski definition) is 4. The molecular weight excluding hydrogens is 402 g/mol. The summed E-state index contributed by atoms with van der Waals surface area (Å²) in [5.74, 6) is 0.475. The zero-order chi connectivity index (χ0) is 23.1. The Labute approximate surface area is 189 Å². The summed E-state index contributed by atoms with van der Waals surface area (Å²) in [4.78, 5) is 29.5. The maximum atomic E-state index is 13.3. The van der Waals surface area contributed by atoms with Gasteiger partial charge in [-0.3, -0.25) is 19.4 Å². The second-order valence-electron chi connectivity index (χ2n) is 7.86. The monoisotopic (exact) mass is 431 g/mol. The van der Waals surface area contributed by atoms with Gasteiger partial charge < -0.3 is 10.1 Å². The van der Waals surface area contributed by atoms with Crippen molar-refractivity contribution in [3.63, 3.8) is 0 Å². The van der Waals surface area contributed by atoms with Crippen LogP contribution >= 0.6 is 0 Å². The van der Waals surface area contributed by atoms with Crippen LogP contribution in [0.2, 0.25) is 0 Å². The number of benzene rings is 3. The molecule has 6 heteroatoms. The van der Waals surface area contributed by atoms with E-state index in [0.717, 1.165) is 22.6 Å². The van der Waals surface area contributed by atoms with Gasteiger partial charge in [-0.1, -0.05) is 30.3 Å². The molecule has 6 nitrogen and oxygen atoms in total. The lowest BCUT2D eigenvalue weighted by molar-refractivity contribution is 0.0949. The fraction of sp³-hybridized carbons (Fsp3) is 0.231. The van der Waals surface area contributed by atoms with Crippen LogP contribution < -0.4 is 15.0 Å². The Morgan fingerprint density at radius 2 is 1.66 bits per heavy atom. The van der Waals surface area contributed by atoms with Gasteiger partial charge in [-0.2, -0.15) is 0 Å². The number of amides is 2. The van der Waals surface area contributed by atoms with Crippen LogP contribution in [0.1, 0.15) is 31.8 Å². The Balaban J connectivity index is 1.73. The smallest absolute Gasteiger partial charge is 0.259 e. The number of para-hydroxylation sites is 1. The van der Waals surface area contributed by atoms with Crippen LogP contribution in [0.3, 0.4) is 0 Å². The molecule has 0 heterocycles. The summed E-state index contributed by atoms with van der Waals surface area (Å²) in [5, 5.41) is 2.93. The average Bonchev–Trinajstić information content (AvgIpc) is 2.81. The van der Waals surface area contributed by atoms with Gasteiger partial charge in [0.25, 0.3) is 11.8 Å². The third kappa shape index (κ3) is 5.74. The second kappa shape index (κ2) is 10.6. The summed E-state index contributed by atoms with van der Waals surface area (Å²) in [6.07, 6.45) is 0. The normalized spacial score (nSPS) is 10.7. The lowest BCUT2D eigenvalue weighted by Crippen LogP contribution is -2.38. The van der Waals surface area contributed by atoms with Gasteiger partial charge in [0.2, 0.25) is 0 Å². The number of methoxy groups -OCH3 is 1. The van der Waals surface area contributed by atoms with Crippen LogP contribution in [-0.4, -0.2) is 44.6 Å². The van der Waals surface area contributed by atoms with Crippen molar-refractivity contribution in [2.24, 2.45) is 0 Å². The quantitative estimate of drug-likeness (QED) is 0.546. The number of nitrogens with one attached hydrogen (secondary N) is 1. The number of anilines is 1. The lowest BCUT2D eigenvalue weighted by atomic mass is 10.1. The first-order valence-corrected chi connectivity index (χ1v) is 10.4. The molecule has 3 aromatic rings. The Kier molecular flexibility index (Phi) is 7.63. The van der Waals surface area contributed by atoms with Gasteiger partial charge >= 0.3 is 0 Å². The molecule has 2 amide bonds. The van der Waals surface area contributed by atoms with Crippen molar-refractivity contribution in [1.82, 2.24) is 10.2 Å². The molecule has 0 spiro atoms. The summed E-state index contributed by atoms with van der Waals surface area (Å²) in [5.41, 5.74) is 3.72. The highest BCUT2D eigenvalue weighted by Crippen LogP contribution is 2.19. The third-order valence-electron chi connectivity index (χ3n) is 5.02. The predicted octanol–water partition coefficient (Wildman–Crippen LogP) is 4.10. The maximum Gasteiger partial charge on any atom is 0.259 e. The molecule has 0 fully saturated rings. The standard InChI is InChI=1S/C26H29N3O3/c1-19-15-21(13-14-24(19)32-4)25(30)27-17-20-9-8-10-22(16-20)26(31)29(18-28(2)3)23-11-6-5-7-12-23/h5-16H,17-18H2,1-4H3,(H,27,30). The number of carbonyl (C=O) groups is 2. The predicted molar refractivity (Wildman–Crippen MR) is 127 cm³/mol. The van der Waals surface area contributed by atoms with Crippen molar-refractivity contribution in [2.45, 2.75) is 13.5 Å². The minimum atomic E-state index is -0.175. The van der Waals surface area contributed by atoms with E-state index in [1.165, 1.54) is 0 Å². The van der Waals surface area contributed by atoms with Crippen LogP contribution in [0.5, 0.6) is 5.75 Å². The Hall–Kier alpha value is -3.64. The molecule has 32 heavy (non-hydrogen) atoms. The van der Waals surface area contributed by atoms with Crippen LogP contribution in [-0.2, 0) is 6.54 Å². The summed E-state index contributed by atoms with van der Waals surface area (Å²) < 4.78 is 5.25. The number of hydrogen-bond donors (Lipinski definition) is 1. The Morgan fingerprint density at radius 3 is 2.31 bits per heavy atom. The third-order valence-corrected chi connectivity index (χ3v) is 5.02. The molecule has 0 aliphatic rings. The lowest BCUT2D eigenvalue weighted by Gasteiger charge is -2.26. The highest BCUT2D eigenvalue weighted by Gasteiger charge is 2.18. The van der Waals surface area contributed by atoms with Crippen molar-refractivity contribution in [3.05, 3.63) is 95.1 Å². The molecule has 0 aliphatic heterocycles. The van der Waals surface area contributed by atoms with Gasteiger partial charge in [-0.05, 0) is 74.6 Å². The number of rotatable bonds is 8. The molecule has 0 saturated heterocycles. The number of nitrogens with zero attached hydrogens (tertiary/aromatic N) is 2. The van der Waals surface area contributed by atoms with Gasteiger partial charge in [0.05, 0.1) is 13.8 Å². The van der Waals surface area contributed by atoms with Gasteiger partial charge in [0.15, 0.2) is 0 Å². The van der Waals surface area contributed by atoms with E-state index < -0.39 is 0 Å². The molecule has 0 unspecified atom stereocenters. The van der Waals surface area contributed by atoms with Crippen LogP contribution in [0, 0.1) is 6.92 Å². The summed E-state index contributed by atoms with van der Waals surface area (Å²) in [6.45, 7) is 2.68. The average molecular weight is 432 g/mol. The van der Waals surface area contributed by atoms with Crippen molar-refractivity contribution in [2.75, 3.05) is 32.8 Å². The number of carbonyl (C=O) groups excluding carboxylic acids is 2. The first-order valence-electron chi connectivity index (χ1n) is 10.4. The second-order valence-corrected chi connectivity index (χ2v) is 7.86. The van der Waals surface area contributed by atoms with Crippen molar-refractivity contribution < 1.29 is 14.3 Å². The SMILES string of the molecule is COc1ccc(C(=O)NCc2cccc(C(=O)N(CN(C)C)c3ccccc3)c2)cc1C. The van der Waals surface area contributed by atoms with Crippen molar-refractivity contribution >= 4 is 17.5 Å². The molecular formula is C26H29N3O3. The van der Waals surface area contributed by atoms with Crippen LogP contribution in [0.4, 0.5) is 5.69 Å². The van der Waals surface area contributed by atoms with E-state index in [1.807, 2.05) is 74.4 Å². The van der Waals surface area contributed by atoms with Crippen molar-refractivity contribution in [3.8, 4) is 5.75 Å². The molecule has 0 aliphatic carbocycles. The largest absolute Gasteiger partial charge is 0.496 e. The van der Waals surface area contributed by atoms with Crippen molar-refractivity contribution in [1.29, 1.82) is 0 Å². The Bertz CT molecular complexity index is 1080. The highest BCUT2D eigenvalue weighted by molar-refractivity contribution is 6.06. The molecule has 3 aromatic carbocycles. The van der Waals surface area contributed by atoms with E-state index >= 15 is 0 Å². The molecule has 0 saturated carbocycles. The minimum absolute atomic E-state index is 0.0937. The molecule has 0 atom stereocenters. The van der Waals surface area contributed by atoms with E-state index in [-0.39, 0.29) is 11.8 Å². The molecule has 3 rings (SSSR count). The van der Waals surface area contributed by atoms with E-state index in [0.29, 0.717) is 24.3 Å². The van der Waals surface area contributed by atoms with E-state index in [4.69, 9.17) is 4.74 Å². The number of ether oxygens (including phenoxy) is 1. The maximum absolute atomic E-state index is 13.3. The van der Waals surface area contributed by atoms with Gasteiger partial charge in [-0.25, -0.2) is 0 Å². The van der Waals surface area contributed by atoms with Gasteiger partial charge in [-0.15, -0.1) is 0 Å². The first kappa shape index (κ1) is 23.0. The summed E-state index contributed by atoms with van der Waals surface area (Å²) >= 11 is 0. The van der Waals surface area contributed by atoms with Gasteiger partial charge in [0, 0.05) is 23.4 Å². The molecule has 0 radical (unpaired) electrons. The fourth-order valence-electron chi connectivity index (χ4n) is 3.43. The first-order chi connectivity index (χ1) is 15.4. The minimum Gasteiger partial charge on any atom is -0.496 e. The van der Waals surface area contributed by atoms with E-state index in [1.54, 1.807) is 36.3 Å². The highest BCUT2D eigenvalue weighted by atomic mass is 16.5. The number of aryl methyl sites for hydroxylation is 1. The fourth-order valence-corrected chi connectivity index (χ4v) is 3.43. The Morgan fingerprint density at radius 1 is 0.906 bits per heavy atom. The zero-order valence-electron chi connectivity index (χ0n) is 19.0. The van der Waals surface area contributed by atoms with Crippen LogP contribution in [0.25, 0.3) is 0 Å². The van der Waals surface area contributed by atoms with E-state index in [9.17, 15) is 9.59 Å². The molecule has 0 aromatic heterocycles. The summed E-state index contributed by atoms with van der Waals surface area (Å²) in [7, 11) is 5.46. The topological polar surface area (TPSA) is 61.9 Å². The summed E-state index contributed by atoms with van der Waals surface area (Å²) in [6, 6.07) is 22.3.